The maximum absolute atomic E-state index is 13.0. The molecule has 0 aliphatic heterocycles. The monoisotopic (exact) mass is 334 g/mol. The number of rotatable bonds is 3. The van der Waals surface area contributed by atoms with Crippen LogP contribution in [0.1, 0.15) is 0 Å². The Morgan fingerprint density at radius 3 is 2.25 bits per heavy atom. The summed E-state index contributed by atoms with van der Waals surface area (Å²) in [5, 5.41) is 1.58. The minimum Gasteiger partial charge on any atom is -0.324 e. The normalized spacial score (nSPS) is 11.7. The fraction of sp³-hybridized carbons (Fsp3) is 0. The number of aromatic nitrogens is 2. The van der Waals surface area contributed by atoms with E-state index in [4.69, 9.17) is 0 Å². The van der Waals surface area contributed by atoms with Crippen molar-refractivity contribution in [2.45, 2.75) is 9.92 Å². The fourth-order valence-electron chi connectivity index (χ4n) is 2.72. The predicted octanol–water partition coefficient (Wildman–Crippen LogP) is 3.86. The van der Waals surface area contributed by atoms with Gasteiger partial charge < -0.3 is 4.57 Å². The molecular formula is C19H14N2O2S. The van der Waals surface area contributed by atoms with Crippen molar-refractivity contribution in [3.8, 4) is 5.69 Å². The Morgan fingerprint density at radius 2 is 1.50 bits per heavy atom. The number of fused-ring (bicyclic) bond motifs is 1. The Hall–Kier alpha value is -2.92. The highest BCUT2D eigenvalue weighted by atomic mass is 32.2. The molecule has 0 aliphatic rings. The van der Waals surface area contributed by atoms with E-state index >= 15 is 0 Å². The largest absolute Gasteiger partial charge is 0.324 e. The van der Waals surface area contributed by atoms with Crippen molar-refractivity contribution in [3.05, 3.63) is 85.3 Å². The van der Waals surface area contributed by atoms with Crippen LogP contribution in [-0.4, -0.2) is 18.0 Å². The van der Waals surface area contributed by atoms with Crippen LogP contribution in [0, 0.1) is 0 Å². The van der Waals surface area contributed by atoms with Gasteiger partial charge in [-0.2, -0.15) is 0 Å². The van der Waals surface area contributed by atoms with Crippen molar-refractivity contribution in [2.75, 3.05) is 0 Å². The first-order valence-corrected chi connectivity index (χ1v) is 8.97. The van der Waals surface area contributed by atoms with E-state index in [1.54, 1.807) is 30.3 Å². The van der Waals surface area contributed by atoms with E-state index in [-0.39, 0.29) is 9.92 Å². The van der Waals surface area contributed by atoms with Crippen LogP contribution in [0.3, 0.4) is 0 Å². The number of benzene rings is 2. The molecule has 4 nitrogen and oxygen atoms in total. The molecule has 0 saturated carbocycles. The molecule has 0 fully saturated rings. The lowest BCUT2D eigenvalue weighted by Gasteiger charge is -2.08. The zero-order valence-electron chi connectivity index (χ0n) is 12.7. The van der Waals surface area contributed by atoms with Crippen molar-refractivity contribution < 1.29 is 8.42 Å². The summed E-state index contributed by atoms with van der Waals surface area (Å²) in [6, 6.07) is 19.8. The van der Waals surface area contributed by atoms with Gasteiger partial charge in [-0.25, -0.2) is 13.4 Å². The van der Waals surface area contributed by atoms with Gasteiger partial charge in [0.2, 0.25) is 9.84 Å². The highest BCUT2D eigenvalue weighted by Gasteiger charge is 2.21. The minimum atomic E-state index is -3.67. The van der Waals surface area contributed by atoms with Gasteiger partial charge in [0.15, 0.2) is 5.03 Å². The molecule has 0 atom stereocenters. The quantitative estimate of drug-likeness (QED) is 0.572. The third-order valence-electron chi connectivity index (χ3n) is 3.94. The highest BCUT2D eigenvalue weighted by Crippen LogP contribution is 2.26. The standard InChI is InChI=1S/C19H14N2O2S/c22-24(23,19-18-6-2-1-5-15(18)11-12-20-19)17-9-7-16(8-10-17)21-13-3-4-14-21/h1-14H. The summed E-state index contributed by atoms with van der Waals surface area (Å²) in [5.41, 5.74) is 0.907. The lowest BCUT2D eigenvalue weighted by molar-refractivity contribution is 0.593. The average molecular weight is 334 g/mol. The Morgan fingerprint density at radius 1 is 0.792 bits per heavy atom. The van der Waals surface area contributed by atoms with Gasteiger partial charge in [-0.3, -0.25) is 0 Å². The van der Waals surface area contributed by atoms with E-state index in [2.05, 4.69) is 4.98 Å². The summed E-state index contributed by atoms with van der Waals surface area (Å²) < 4.78 is 27.9. The molecule has 4 rings (SSSR count). The number of sulfone groups is 1. The maximum atomic E-state index is 13.0. The van der Waals surface area contributed by atoms with E-state index in [1.165, 1.54) is 6.20 Å². The van der Waals surface area contributed by atoms with Crippen LogP contribution in [-0.2, 0) is 9.84 Å². The zero-order valence-corrected chi connectivity index (χ0v) is 13.5. The summed E-state index contributed by atoms with van der Waals surface area (Å²) in [4.78, 5) is 4.37. The molecule has 24 heavy (non-hydrogen) atoms. The summed E-state index contributed by atoms with van der Waals surface area (Å²) in [5.74, 6) is 0. The van der Waals surface area contributed by atoms with Gasteiger partial charge in [0.05, 0.1) is 4.90 Å². The van der Waals surface area contributed by atoms with Gasteiger partial charge in [0.25, 0.3) is 0 Å². The van der Waals surface area contributed by atoms with E-state index in [1.807, 2.05) is 53.4 Å². The first kappa shape index (κ1) is 14.7. The molecule has 0 saturated heterocycles. The van der Waals surface area contributed by atoms with Crippen LogP contribution < -0.4 is 0 Å². The van der Waals surface area contributed by atoms with E-state index < -0.39 is 9.84 Å². The van der Waals surface area contributed by atoms with E-state index in [9.17, 15) is 8.42 Å². The summed E-state index contributed by atoms with van der Waals surface area (Å²) >= 11 is 0. The van der Waals surface area contributed by atoms with Gasteiger partial charge in [0.1, 0.15) is 0 Å². The molecule has 0 bridgehead atoms. The summed E-state index contributed by atoms with van der Waals surface area (Å²) in [6.07, 6.45) is 5.36. The van der Waals surface area contributed by atoms with E-state index in [0.717, 1.165) is 11.1 Å². The van der Waals surface area contributed by atoms with Gasteiger partial charge in [0, 0.05) is 29.7 Å². The third kappa shape index (κ3) is 2.39. The number of hydrogen-bond donors (Lipinski definition) is 0. The molecule has 5 heteroatoms. The van der Waals surface area contributed by atoms with Gasteiger partial charge >= 0.3 is 0 Å². The first-order chi connectivity index (χ1) is 11.7. The molecule has 2 aromatic heterocycles. The fourth-order valence-corrected chi connectivity index (χ4v) is 4.11. The van der Waals surface area contributed by atoms with E-state index in [0.29, 0.717) is 5.39 Å². The summed E-state index contributed by atoms with van der Waals surface area (Å²) in [7, 11) is -3.67. The molecule has 2 heterocycles. The van der Waals surface area contributed by atoms with Crippen molar-refractivity contribution in [2.24, 2.45) is 0 Å². The second-order valence-corrected chi connectivity index (χ2v) is 7.29. The van der Waals surface area contributed by atoms with Crippen LogP contribution >= 0.6 is 0 Å². The number of hydrogen-bond acceptors (Lipinski definition) is 3. The molecule has 118 valence electrons. The zero-order chi connectivity index (χ0) is 16.6. The second kappa shape index (κ2) is 5.62. The Kier molecular flexibility index (Phi) is 3.43. The Bertz CT molecular complexity index is 1090. The van der Waals surface area contributed by atoms with Crippen LogP contribution in [0.4, 0.5) is 0 Å². The topological polar surface area (TPSA) is 52.0 Å². The molecule has 0 aliphatic carbocycles. The maximum Gasteiger partial charge on any atom is 0.224 e. The van der Waals surface area contributed by atoms with Crippen LogP contribution in [0.5, 0.6) is 0 Å². The molecular weight excluding hydrogens is 320 g/mol. The molecule has 0 unspecified atom stereocenters. The molecule has 0 N–H and O–H groups in total. The lowest BCUT2D eigenvalue weighted by atomic mass is 10.2. The molecule has 0 radical (unpaired) electrons. The van der Waals surface area contributed by atoms with Crippen molar-refractivity contribution >= 4 is 20.6 Å². The van der Waals surface area contributed by atoms with Gasteiger partial charge in [-0.15, -0.1) is 0 Å². The first-order valence-electron chi connectivity index (χ1n) is 7.48. The smallest absolute Gasteiger partial charge is 0.224 e. The van der Waals surface area contributed by atoms with Crippen molar-refractivity contribution in [3.63, 3.8) is 0 Å². The number of pyridine rings is 1. The van der Waals surface area contributed by atoms with Gasteiger partial charge in [-0.05, 0) is 47.9 Å². The van der Waals surface area contributed by atoms with Crippen LogP contribution in [0.2, 0.25) is 0 Å². The van der Waals surface area contributed by atoms with Crippen LogP contribution in [0.25, 0.3) is 16.5 Å². The van der Waals surface area contributed by atoms with Crippen LogP contribution in [0.15, 0.2) is 95.2 Å². The minimum absolute atomic E-state index is 0.0920. The Balaban J connectivity index is 1.82. The van der Waals surface area contributed by atoms with Crippen molar-refractivity contribution in [1.82, 2.24) is 9.55 Å². The van der Waals surface area contributed by atoms with Crippen molar-refractivity contribution in [1.29, 1.82) is 0 Å². The highest BCUT2D eigenvalue weighted by molar-refractivity contribution is 7.91. The SMILES string of the molecule is O=S(=O)(c1ccc(-n2cccc2)cc1)c1nccc2ccccc12. The van der Waals surface area contributed by atoms with Gasteiger partial charge in [-0.1, -0.05) is 24.3 Å². The Labute approximate surface area is 139 Å². The molecule has 0 amide bonds. The molecule has 4 aromatic rings. The average Bonchev–Trinajstić information content (AvgIpc) is 3.16. The third-order valence-corrected chi connectivity index (χ3v) is 5.67. The summed E-state index contributed by atoms with van der Waals surface area (Å²) in [6.45, 7) is 0. The molecule has 0 spiro atoms. The predicted molar refractivity (Wildman–Crippen MR) is 93.0 cm³/mol. The lowest BCUT2D eigenvalue weighted by Crippen LogP contribution is -2.05. The number of nitrogens with zero attached hydrogens (tertiary/aromatic N) is 2. The second-order valence-electron chi connectivity index (χ2n) is 5.42. The molecule has 2 aromatic carbocycles.